The zero-order valence-corrected chi connectivity index (χ0v) is 14.7. The Morgan fingerprint density at radius 1 is 1.24 bits per heavy atom. The fourth-order valence-electron chi connectivity index (χ4n) is 3.27. The number of aryl methyl sites for hydroxylation is 1. The fourth-order valence-corrected chi connectivity index (χ4v) is 3.27. The van der Waals surface area contributed by atoms with E-state index in [0.29, 0.717) is 18.7 Å². The van der Waals surface area contributed by atoms with Crippen molar-refractivity contribution in [3.8, 4) is 0 Å². The molecule has 8 nitrogen and oxygen atoms in total. The number of fused-ring (bicyclic) bond motifs is 2. The highest BCUT2D eigenvalue weighted by Gasteiger charge is 2.25. The van der Waals surface area contributed by atoms with Crippen LogP contribution in [0.4, 0.5) is 0 Å². The van der Waals surface area contributed by atoms with Crippen LogP contribution in [0.15, 0.2) is 18.5 Å². The SMILES string of the molecule is CCc1nnc2n1CCN(C(=O)c1cnc3c(cnn3C(C)C)c1)C2. The van der Waals surface area contributed by atoms with Gasteiger partial charge in [-0.25, -0.2) is 9.67 Å². The molecule has 0 N–H and O–H groups in total. The molecule has 1 aliphatic rings. The van der Waals surface area contributed by atoms with E-state index >= 15 is 0 Å². The summed E-state index contributed by atoms with van der Waals surface area (Å²) in [6.45, 7) is 8.05. The Kier molecular flexibility index (Phi) is 3.74. The molecule has 0 saturated carbocycles. The first kappa shape index (κ1) is 15.7. The van der Waals surface area contributed by atoms with Crippen molar-refractivity contribution in [3.63, 3.8) is 0 Å². The largest absolute Gasteiger partial charge is 0.329 e. The zero-order valence-electron chi connectivity index (χ0n) is 14.7. The maximum absolute atomic E-state index is 12.9. The average Bonchev–Trinajstić information content (AvgIpc) is 3.23. The van der Waals surface area contributed by atoms with E-state index in [1.807, 2.05) is 10.7 Å². The minimum atomic E-state index is -0.0287. The van der Waals surface area contributed by atoms with Crippen molar-refractivity contribution in [2.75, 3.05) is 6.54 Å². The molecule has 0 unspecified atom stereocenters. The van der Waals surface area contributed by atoms with Crippen LogP contribution >= 0.6 is 0 Å². The van der Waals surface area contributed by atoms with Gasteiger partial charge in [0.05, 0.1) is 18.3 Å². The number of pyridine rings is 1. The van der Waals surface area contributed by atoms with Crippen LogP contribution in [0.25, 0.3) is 11.0 Å². The van der Waals surface area contributed by atoms with E-state index in [1.54, 1.807) is 17.3 Å². The normalized spacial score (nSPS) is 14.3. The molecule has 4 heterocycles. The van der Waals surface area contributed by atoms with Crippen molar-refractivity contribution in [2.24, 2.45) is 0 Å². The van der Waals surface area contributed by atoms with E-state index in [9.17, 15) is 4.79 Å². The number of rotatable bonds is 3. The first-order chi connectivity index (χ1) is 12.1. The predicted molar refractivity (Wildman–Crippen MR) is 92.1 cm³/mol. The molecule has 25 heavy (non-hydrogen) atoms. The number of hydrogen-bond donors (Lipinski definition) is 0. The monoisotopic (exact) mass is 339 g/mol. The lowest BCUT2D eigenvalue weighted by molar-refractivity contribution is 0.0706. The molecule has 3 aromatic heterocycles. The van der Waals surface area contributed by atoms with Crippen LogP contribution in [0.3, 0.4) is 0 Å². The number of nitrogens with zero attached hydrogens (tertiary/aromatic N) is 7. The highest BCUT2D eigenvalue weighted by atomic mass is 16.2. The van der Waals surface area contributed by atoms with E-state index < -0.39 is 0 Å². The molecular weight excluding hydrogens is 318 g/mol. The van der Waals surface area contributed by atoms with Crippen molar-refractivity contribution in [1.29, 1.82) is 0 Å². The van der Waals surface area contributed by atoms with Crippen LogP contribution in [-0.2, 0) is 19.5 Å². The summed E-state index contributed by atoms with van der Waals surface area (Å²) >= 11 is 0. The standard InChI is InChI=1S/C17H21N7O/c1-4-14-20-21-15-10-22(5-6-23(14)15)17(25)13-7-12-9-19-24(11(2)3)16(12)18-8-13/h7-9,11H,4-6,10H2,1-3H3. The third-order valence-corrected chi connectivity index (χ3v) is 4.60. The number of carbonyl (C=O) groups excluding carboxylic acids is 1. The minimum absolute atomic E-state index is 0.0287. The van der Waals surface area contributed by atoms with Crippen LogP contribution < -0.4 is 0 Å². The van der Waals surface area contributed by atoms with Gasteiger partial charge in [-0.3, -0.25) is 4.79 Å². The molecule has 3 aromatic rings. The number of aromatic nitrogens is 6. The second-order valence-electron chi connectivity index (χ2n) is 6.58. The van der Waals surface area contributed by atoms with Crippen LogP contribution in [0.5, 0.6) is 0 Å². The van der Waals surface area contributed by atoms with Gasteiger partial charge in [0.2, 0.25) is 0 Å². The van der Waals surface area contributed by atoms with Gasteiger partial charge in [-0.05, 0) is 19.9 Å². The Balaban J connectivity index is 1.60. The Morgan fingerprint density at radius 2 is 2.08 bits per heavy atom. The summed E-state index contributed by atoms with van der Waals surface area (Å²) < 4.78 is 3.97. The molecule has 0 radical (unpaired) electrons. The molecule has 0 bridgehead atoms. The van der Waals surface area contributed by atoms with Crippen molar-refractivity contribution < 1.29 is 4.79 Å². The molecule has 1 aliphatic heterocycles. The summed E-state index contributed by atoms with van der Waals surface area (Å²) in [5.74, 6) is 1.79. The Hall–Kier alpha value is -2.77. The number of carbonyl (C=O) groups is 1. The summed E-state index contributed by atoms with van der Waals surface area (Å²) in [6, 6.07) is 2.10. The van der Waals surface area contributed by atoms with Crippen LogP contribution in [-0.4, -0.2) is 46.9 Å². The number of hydrogen-bond acceptors (Lipinski definition) is 5. The lowest BCUT2D eigenvalue weighted by Crippen LogP contribution is -2.38. The van der Waals surface area contributed by atoms with Crippen LogP contribution in [0.1, 0.15) is 48.8 Å². The first-order valence-corrected chi connectivity index (χ1v) is 8.62. The summed E-state index contributed by atoms with van der Waals surface area (Å²) in [5, 5.41) is 13.7. The van der Waals surface area contributed by atoms with Gasteiger partial charge in [-0.1, -0.05) is 6.92 Å². The minimum Gasteiger partial charge on any atom is -0.329 e. The summed E-state index contributed by atoms with van der Waals surface area (Å²) in [6.07, 6.45) is 4.25. The topological polar surface area (TPSA) is 81.7 Å². The van der Waals surface area contributed by atoms with Crippen molar-refractivity contribution >= 4 is 16.9 Å². The third-order valence-electron chi connectivity index (χ3n) is 4.60. The van der Waals surface area contributed by atoms with Gasteiger partial charge >= 0.3 is 0 Å². The molecule has 0 fully saturated rings. The maximum Gasteiger partial charge on any atom is 0.255 e. The average molecular weight is 339 g/mol. The van der Waals surface area contributed by atoms with E-state index in [-0.39, 0.29) is 11.9 Å². The van der Waals surface area contributed by atoms with Gasteiger partial charge in [0.1, 0.15) is 5.82 Å². The highest BCUT2D eigenvalue weighted by molar-refractivity contribution is 5.96. The second kappa shape index (κ2) is 5.94. The third kappa shape index (κ3) is 2.57. The van der Waals surface area contributed by atoms with E-state index in [0.717, 1.165) is 35.6 Å². The van der Waals surface area contributed by atoms with Crippen molar-refractivity contribution in [3.05, 3.63) is 35.7 Å². The summed E-state index contributed by atoms with van der Waals surface area (Å²) in [4.78, 5) is 19.1. The summed E-state index contributed by atoms with van der Waals surface area (Å²) in [5.41, 5.74) is 1.39. The predicted octanol–water partition coefficient (Wildman–Crippen LogP) is 1.82. The fraction of sp³-hybridized carbons (Fsp3) is 0.471. The molecule has 0 aliphatic carbocycles. The quantitative estimate of drug-likeness (QED) is 0.727. The Bertz CT molecular complexity index is 940. The van der Waals surface area contributed by atoms with Gasteiger partial charge in [0.25, 0.3) is 5.91 Å². The van der Waals surface area contributed by atoms with E-state index in [1.165, 1.54) is 0 Å². The molecule has 0 atom stereocenters. The van der Waals surface area contributed by atoms with Crippen molar-refractivity contribution in [1.82, 2.24) is 34.4 Å². The van der Waals surface area contributed by atoms with Gasteiger partial charge in [-0.15, -0.1) is 10.2 Å². The maximum atomic E-state index is 12.9. The van der Waals surface area contributed by atoms with E-state index in [2.05, 4.69) is 45.6 Å². The molecule has 1 amide bonds. The van der Waals surface area contributed by atoms with Gasteiger partial charge in [-0.2, -0.15) is 5.10 Å². The Labute approximate surface area is 145 Å². The zero-order chi connectivity index (χ0) is 17.6. The highest BCUT2D eigenvalue weighted by Crippen LogP contribution is 2.20. The molecule has 0 aromatic carbocycles. The number of amides is 1. The van der Waals surface area contributed by atoms with Gasteiger partial charge < -0.3 is 9.47 Å². The molecule has 130 valence electrons. The lowest BCUT2D eigenvalue weighted by atomic mass is 10.2. The van der Waals surface area contributed by atoms with Gasteiger partial charge in [0.15, 0.2) is 11.5 Å². The summed E-state index contributed by atoms with van der Waals surface area (Å²) in [7, 11) is 0. The lowest BCUT2D eigenvalue weighted by Gasteiger charge is -2.27. The van der Waals surface area contributed by atoms with Gasteiger partial charge in [0, 0.05) is 37.1 Å². The molecule has 4 rings (SSSR count). The Morgan fingerprint density at radius 3 is 2.84 bits per heavy atom. The first-order valence-electron chi connectivity index (χ1n) is 8.62. The molecular formula is C17H21N7O. The molecule has 0 spiro atoms. The molecule has 8 heteroatoms. The van der Waals surface area contributed by atoms with Crippen LogP contribution in [0.2, 0.25) is 0 Å². The van der Waals surface area contributed by atoms with Crippen molar-refractivity contribution in [2.45, 2.75) is 46.3 Å². The van der Waals surface area contributed by atoms with Crippen LogP contribution in [0, 0.1) is 0 Å². The van der Waals surface area contributed by atoms with E-state index in [4.69, 9.17) is 0 Å². The molecule has 0 saturated heterocycles. The smallest absolute Gasteiger partial charge is 0.255 e. The second-order valence-corrected chi connectivity index (χ2v) is 6.58.